The molecule has 3 N–H and O–H groups in total. The van der Waals surface area contributed by atoms with Gasteiger partial charge in [-0.2, -0.15) is 0 Å². The molecule has 0 saturated carbocycles. The van der Waals surface area contributed by atoms with Crippen molar-refractivity contribution in [2.24, 2.45) is 5.92 Å². The second-order valence-corrected chi connectivity index (χ2v) is 4.51. The number of carboxylic acid groups (broad SMARTS) is 1. The van der Waals surface area contributed by atoms with Crippen LogP contribution in [0.3, 0.4) is 0 Å². The van der Waals surface area contributed by atoms with Crippen LogP contribution in [0, 0.1) is 5.92 Å². The van der Waals surface area contributed by atoms with Gasteiger partial charge in [-0.05, 0) is 12.3 Å². The molecule has 0 aliphatic carbocycles. The molecule has 0 aromatic heterocycles. The molecule has 6 nitrogen and oxygen atoms in total. The highest BCUT2D eigenvalue weighted by Gasteiger charge is 2.20. The van der Waals surface area contributed by atoms with E-state index in [2.05, 4.69) is 10.6 Å². The highest BCUT2D eigenvalue weighted by Crippen LogP contribution is 2.08. The fraction of sp³-hybridized carbons (Fsp3) is 0.727. The zero-order valence-electron chi connectivity index (χ0n) is 9.86. The van der Waals surface area contributed by atoms with Gasteiger partial charge in [0.25, 0.3) is 0 Å². The zero-order valence-corrected chi connectivity index (χ0v) is 9.86. The van der Waals surface area contributed by atoms with Crippen LogP contribution >= 0.6 is 0 Å². The lowest BCUT2D eigenvalue weighted by molar-refractivity contribution is -0.138. The highest BCUT2D eigenvalue weighted by atomic mass is 16.4. The Hall–Kier alpha value is -1.59. The zero-order chi connectivity index (χ0) is 12.8. The Morgan fingerprint density at radius 3 is 2.76 bits per heavy atom. The van der Waals surface area contributed by atoms with Crippen LogP contribution < -0.4 is 10.6 Å². The Balaban J connectivity index is 2.24. The van der Waals surface area contributed by atoms with Gasteiger partial charge in [0.1, 0.15) is 0 Å². The largest absolute Gasteiger partial charge is 0.481 e. The first-order valence-corrected chi connectivity index (χ1v) is 5.75. The van der Waals surface area contributed by atoms with Crippen molar-refractivity contribution in [2.45, 2.75) is 38.6 Å². The van der Waals surface area contributed by atoms with Crippen LogP contribution in [0.4, 0.5) is 0 Å². The number of carboxylic acids is 1. The van der Waals surface area contributed by atoms with Gasteiger partial charge in [-0.1, -0.05) is 6.92 Å². The predicted molar refractivity (Wildman–Crippen MR) is 60.2 cm³/mol. The SMILES string of the molecule is CC(CC(=O)O)CC(=O)NC1CCC(=O)NC1. The summed E-state index contributed by atoms with van der Waals surface area (Å²) in [4.78, 5) is 32.9. The molecule has 2 amide bonds. The predicted octanol–water partition coefficient (Wildman–Crippen LogP) is -0.118. The van der Waals surface area contributed by atoms with Gasteiger partial charge in [0.2, 0.25) is 11.8 Å². The van der Waals surface area contributed by atoms with E-state index in [-0.39, 0.29) is 36.6 Å². The Morgan fingerprint density at radius 2 is 2.24 bits per heavy atom. The molecule has 0 spiro atoms. The van der Waals surface area contributed by atoms with Gasteiger partial charge < -0.3 is 15.7 Å². The summed E-state index contributed by atoms with van der Waals surface area (Å²) in [6.07, 6.45) is 1.27. The van der Waals surface area contributed by atoms with Crippen molar-refractivity contribution in [3.8, 4) is 0 Å². The maximum Gasteiger partial charge on any atom is 0.303 e. The summed E-state index contributed by atoms with van der Waals surface area (Å²) in [7, 11) is 0. The Kier molecular flexibility index (Phi) is 4.93. The van der Waals surface area contributed by atoms with Crippen molar-refractivity contribution in [2.75, 3.05) is 6.54 Å². The average molecular weight is 242 g/mol. The number of hydrogen-bond donors (Lipinski definition) is 3. The van der Waals surface area contributed by atoms with E-state index in [0.717, 1.165) is 0 Å². The molecule has 1 saturated heterocycles. The molecular weight excluding hydrogens is 224 g/mol. The highest BCUT2D eigenvalue weighted by molar-refractivity contribution is 5.79. The molecule has 6 heteroatoms. The topological polar surface area (TPSA) is 95.5 Å². The van der Waals surface area contributed by atoms with Crippen molar-refractivity contribution in [1.29, 1.82) is 0 Å². The molecule has 1 fully saturated rings. The van der Waals surface area contributed by atoms with E-state index >= 15 is 0 Å². The third-order valence-corrected chi connectivity index (χ3v) is 2.69. The number of amides is 2. The molecule has 1 aliphatic rings. The minimum atomic E-state index is -0.893. The van der Waals surface area contributed by atoms with E-state index in [1.165, 1.54) is 0 Å². The average Bonchev–Trinajstić information content (AvgIpc) is 2.19. The monoisotopic (exact) mass is 242 g/mol. The summed E-state index contributed by atoms with van der Waals surface area (Å²) < 4.78 is 0. The summed E-state index contributed by atoms with van der Waals surface area (Å²) >= 11 is 0. The van der Waals surface area contributed by atoms with Gasteiger partial charge in [0.05, 0.1) is 0 Å². The summed E-state index contributed by atoms with van der Waals surface area (Å²) in [6.45, 7) is 2.19. The fourth-order valence-corrected chi connectivity index (χ4v) is 1.83. The fourth-order valence-electron chi connectivity index (χ4n) is 1.83. The number of carbonyl (C=O) groups excluding carboxylic acids is 2. The number of piperidine rings is 1. The minimum absolute atomic E-state index is 0.00514. The van der Waals surface area contributed by atoms with Crippen LogP contribution in [-0.4, -0.2) is 35.5 Å². The van der Waals surface area contributed by atoms with Crippen molar-refractivity contribution < 1.29 is 19.5 Å². The summed E-state index contributed by atoms with van der Waals surface area (Å²) in [5.41, 5.74) is 0. The number of rotatable bonds is 5. The smallest absolute Gasteiger partial charge is 0.303 e. The minimum Gasteiger partial charge on any atom is -0.481 e. The molecule has 17 heavy (non-hydrogen) atoms. The van der Waals surface area contributed by atoms with E-state index in [9.17, 15) is 14.4 Å². The summed E-state index contributed by atoms with van der Waals surface area (Å²) in [5, 5.41) is 14.0. The van der Waals surface area contributed by atoms with E-state index < -0.39 is 5.97 Å². The molecule has 96 valence electrons. The van der Waals surface area contributed by atoms with Crippen LogP contribution in [0.15, 0.2) is 0 Å². The third kappa shape index (κ3) is 5.33. The second kappa shape index (κ2) is 6.22. The van der Waals surface area contributed by atoms with Gasteiger partial charge in [-0.25, -0.2) is 0 Å². The van der Waals surface area contributed by atoms with Gasteiger partial charge in [0, 0.05) is 31.8 Å². The molecule has 0 aromatic rings. The van der Waals surface area contributed by atoms with Crippen LogP contribution in [-0.2, 0) is 14.4 Å². The molecule has 1 heterocycles. The first kappa shape index (κ1) is 13.5. The molecule has 0 radical (unpaired) electrons. The van der Waals surface area contributed by atoms with Crippen LogP contribution in [0.1, 0.15) is 32.6 Å². The molecule has 0 bridgehead atoms. The standard InChI is InChI=1S/C11H18N2O4/c1-7(5-11(16)17)4-10(15)13-8-2-3-9(14)12-6-8/h7-8H,2-6H2,1H3,(H,12,14)(H,13,15)(H,16,17). The van der Waals surface area contributed by atoms with Crippen LogP contribution in [0.5, 0.6) is 0 Å². The molecule has 2 unspecified atom stereocenters. The second-order valence-electron chi connectivity index (χ2n) is 4.51. The van der Waals surface area contributed by atoms with E-state index in [4.69, 9.17) is 5.11 Å². The first-order chi connectivity index (χ1) is 7.97. The van der Waals surface area contributed by atoms with Crippen molar-refractivity contribution in [3.05, 3.63) is 0 Å². The Bertz CT molecular complexity index is 307. The van der Waals surface area contributed by atoms with Crippen LogP contribution in [0.25, 0.3) is 0 Å². The first-order valence-electron chi connectivity index (χ1n) is 5.75. The molecule has 1 rings (SSSR count). The van der Waals surface area contributed by atoms with Gasteiger partial charge in [-0.15, -0.1) is 0 Å². The number of carbonyl (C=O) groups is 3. The lowest BCUT2D eigenvalue weighted by Crippen LogP contribution is -2.48. The van der Waals surface area contributed by atoms with Gasteiger partial charge in [0.15, 0.2) is 0 Å². The van der Waals surface area contributed by atoms with Crippen LogP contribution in [0.2, 0.25) is 0 Å². The number of nitrogens with one attached hydrogen (secondary N) is 2. The lowest BCUT2D eigenvalue weighted by atomic mass is 10.0. The quantitative estimate of drug-likeness (QED) is 0.626. The third-order valence-electron chi connectivity index (χ3n) is 2.69. The van der Waals surface area contributed by atoms with Crippen molar-refractivity contribution in [3.63, 3.8) is 0 Å². The van der Waals surface area contributed by atoms with Gasteiger partial charge >= 0.3 is 5.97 Å². The molecule has 2 atom stereocenters. The number of hydrogen-bond acceptors (Lipinski definition) is 3. The van der Waals surface area contributed by atoms with Crippen molar-refractivity contribution in [1.82, 2.24) is 10.6 Å². The molecule has 0 aromatic carbocycles. The lowest BCUT2D eigenvalue weighted by Gasteiger charge is -2.24. The normalized spacial score (nSPS) is 21.5. The number of aliphatic carboxylic acids is 1. The van der Waals surface area contributed by atoms with E-state index in [1.807, 2.05) is 0 Å². The van der Waals surface area contributed by atoms with E-state index in [0.29, 0.717) is 19.4 Å². The van der Waals surface area contributed by atoms with E-state index in [1.54, 1.807) is 6.92 Å². The summed E-state index contributed by atoms with van der Waals surface area (Å²) in [6, 6.07) is -0.0303. The summed E-state index contributed by atoms with van der Waals surface area (Å²) in [5.74, 6) is -1.21. The van der Waals surface area contributed by atoms with Gasteiger partial charge in [-0.3, -0.25) is 14.4 Å². The maximum atomic E-state index is 11.6. The molecule has 1 aliphatic heterocycles. The Labute approximate surface area is 99.8 Å². The molecular formula is C11H18N2O4. The maximum absolute atomic E-state index is 11.6. The van der Waals surface area contributed by atoms with Crippen molar-refractivity contribution >= 4 is 17.8 Å². The Morgan fingerprint density at radius 1 is 1.53 bits per heavy atom.